The van der Waals surface area contributed by atoms with Crippen LogP contribution in [0.1, 0.15) is 17.7 Å². The molecule has 2 rings (SSSR count). The van der Waals surface area contributed by atoms with E-state index in [1.165, 1.54) is 17.7 Å². The Hall–Kier alpha value is -2.22. The molecular formula is C11H11N3O4S. The van der Waals surface area contributed by atoms with Crippen LogP contribution in [0, 0.1) is 0 Å². The van der Waals surface area contributed by atoms with Gasteiger partial charge in [-0.1, -0.05) is 0 Å². The molecule has 3 N–H and O–H groups in total. The molecule has 0 fully saturated rings. The maximum atomic E-state index is 11.5. The van der Waals surface area contributed by atoms with Crippen molar-refractivity contribution in [2.24, 2.45) is 0 Å². The van der Waals surface area contributed by atoms with E-state index >= 15 is 0 Å². The average Bonchev–Trinajstić information content (AvgIpc) is 2.78. The molecule has 2 aromatic rings. The molecule has 0 atom stereocenters. The van der Waals surface area contributed by atoms with Gasteiger partial charge in [-0.05, 0) is 6.07 Å². The second kappa shape index (κ2) is 5.61. The lowest BCUT2D eigenvalue weighted by atomic mass is 10.3. The highest BCUT2D eigenvalue weighted by Crippen LogP contribution is 2.20. The minimum absolute atomic E-state index is 0.0565. The Labute approximate surface area is 111 Å². The predicted octanol–water partition coefficient (Wildman–Crippen LogP) is 0.466. The van der Waals surface area contributed by atoms with Crippen LogP contribution in [0.25, 0.3) is 10.2 Å². The number of nitrogens with zero attached hydrogens (tertiary/aromatic N) is 1. The lowest BCUT2D eigenvalue weighted by Gasteiger charge is -2.01. The Balaban J connectivity index is 1.98. The third kappa shape index (κ3) is 3.38. The van der Waals surface area contributed by atoms with Gasteiger partial charge >= 0.3 is 5.97 Å². The number of carboxylic acid groups (broad SMARTS) is 1. The molecule has 1 amide bonds. The average molecular weight is 281 g/mol. The highest BCUT2D eigenvalue weighted by Gasteiger charge is 2.08. The number of carboxylic acids is 1. The van der Waals surface area contributed by atoms with Crippen LogP contribution in [0.3, 0.4) is 0 Å². The fourth-order valence-electron chi connectivity index (χ4n) is 1.50. The number of hydrogen-bond acceptors (Lipinski definition) is 5. The number of H-pyrrole nitrogens is 1. The molecule has 2 aromatic heterocycles. The molecule has 0 saturated heterocycles. The summed E-state index contributed by atoms with van der Waals surface area (Å²) in [7, 11) is 0. The Bertz CT molecular complexity index is 676. The molecule has 0 aliphatic rings. The number of fused-ring (bicyclic) bond motifs is 1. The van der Waals surface area contributed by atoms with E-state index < -0.39 is 5.97 Å². The summed E-state index contributed by atoms with van der Waals surface area (Å²) in [5, 5.41) is 11.5. The van der Waals surface area contributed by atoms with Crippen molar-refractivity contribution in [3.8, 4) is 0 Å². The molecule has 0 aliphatic heterocycles. The highest BCUT2D eigenvalue weighted by atomic mass is 32.1. The lowest BCUT2D eigenvalue weighted by Crippen LogP contribution is -2.22. The number of thiophene rings is 1. The van der Waals surface area contributed by atoms with Crippen LogP contribution in [-0.4, -0.2) is 27.0 Å². The van der Waals surface area contributed by atoms with Gasteiger partial charge in [0.15, 0.2) is 0 Å². The fourth-order valence-corrected chi connectivity index (χ4v) is 2.44. The number of aromatic amines is 1. The number of nitrogens with one attached hydrogen (secondary N) is 2. The Morgan fingerprint density at radius 2 is 2.21 bits per heavy atom. The fraction of sp³-hybridized carbons (Fsp3) is 0.273. The number of carbonyl (C=O) groups excluding carboxylic acids is 1. The summed E-state index contributed by atoms with van der Waals surface area (Å²) in [6, 6.07) is 1.67. The second-order valence-electron chi connectivity index (χ2n) is 3.83. The van der Waals surface area contributed by atoms with Gasteiger partial charge in [0, 0.05) is 11.3 Å². The van der Waals surface area contributed by atoms with E-state index in [9.17, 15) is 14.4 Å². The van der Waals surface area contributed by atoms with Crippen molar-refractivity contribution in [2.45, 2.75) is 19.4 Å². The first-order valence-corrected chi connectivity index (χ1v) is 6.32. The van der Waals surface area contributed by atoms with Crippen LogP contribution in [0.4, 0.5) is 0 Å². The molecule has 0 bridgehead atoms. The van der Waals surface area contributed by atoms with Gasteiger partial charge in [0.1, 0.15) is 4.83 Å². The van der Waals surface area contributed by atoms with Gasteiger partial charge in [0.2, 0.25) is 5.91 Å². The molecule has 0 aliphatic carbocycles. The van der Waals surface area contributed by atoms with Crippen molar-refractivity contribution in [1.29, 1.82) is 0 Å². The van der Waals surface area contributed by atoms with E-state index in [1.807, 2.05) is 0 Å². The van der Waals surface area contributed by atoms with Gasteiger partial charge < -0.3 is 15.4 Å². The van der Waals surface area contributed by atoms with E-state index in [0.717, 1.165) is 4.88 Å². The number of aliphatic carboxylic acids is 1. The molecule has 19 heavy (non-hydrogen) atoms. The first-order chi connectivity index (χ1) is 9.06. The van der Waals surface area contributed by atoms with Crippen LogP contribution in [0.2, 0.25) is 0 Å². The Morgan fingerprint density at radius 3 is 2.89 bits per heavy atom. The van der Waals surface area contributed by atoms with Crippen molar-refractivity contribution < 1.29 is 14.7 Å². The second-order valence-corrected chi connectivity index (χ2v) is 4.95. The number of rotatable bonds is 5. The SMILES string of the molecule is O=C(O)CCC(=O)NCc1cc2c(=O)[nH]cnc2s1. The van der Waals surface area contributed by atoms with Gasteiger partial charge in [-0.3, -0.25) is 14.4 Å². The van der Waals surface area contributed by atoms with Crippen LogP contribution in [0.5, 0.6) is 0 Å². The molecular weight excluding hydrogens is 270 g/mol. The minimum atomic E-state index is -1.01. The topological polar surface area (TPSA) is 112 Å². The normalized spacial score (nSPS) is 10.5. The zero-order valence-electron chi connectivity index (χ0n) is 9.80. The third-order valence-corrected chi connectivity index (χ3v) is 3.45. The van der Waals surface area contributed by atoms with Crippen molar-refractivity contribution in [3.63, 3.8) is 0 Å². The molecule has 0 aromatic carbocycles. The lowest BCUT2D eigenvalue weighted by molar-refractivity contribution is -0.138. The van der Waals surface area contributed by atoms with E-state index in [4.69, 9.17) is 5.11 Å². The number of hydrogen-bond donors (Lipinski definition) is 3. The standard InChI is InChI=1S/C11H11N3O4S/c15-8(1-2-9(16)17)12-4-6-3-7-10(18)13-5-14-11(7)19-6/h3,5H,1-2,4H2,(H,12,15)(H,16,17)(H,13,14,18). The molecule has 7 nitrogen and oxygen atoms in total. The summed E-state index contributed by atoms with van der Waals surface area (Å²) in [5.41, 5.74) is -0.218. The molecule has 8 heteroatoms. The predicted molar refractivity (Wildman–Crippen MR) is 69.0 cm³/mol. The summed E-state index contributed by atoms with van der Waals surface area (Å²) in [6.45, 7) is 0.263. The van der Waals surface area contributed by atoms with E-state index in [0.29, 0.717) is 10.2 Å². The zero-order valence-corrected chi connectivity index (χ0v) is 10.6. The monoisotopic (exact) mass is 281 g/mol. The molecule has 0 spiro atoms. The van der Waals surface area contributed by atoms with Crippen molar-refractivity contribution >= 4 is 33.4 Å². The molecule has 0 radical (unpaired) electrons. The largest absolute Gasteiger partial charge is 0.481 e. The highest BCUT2D eigenvalue weighted by molar-refractivity contribution is 7.18. The first kappa shape index (κ1) is 13.2. The van der Waals surface area contributed by atoms with Crippen LogP contribution < -0.4 is 10.9 Å². The van der Waals surface area contributed by atoms with Crippen molar-refractivity contribution in [1.82, 2.24) is 15.3 Å². The first-order valence-electron chi connectivity index (χ1n) is 5.51. The summed E-state index contributed by atoms with van der Waals surface area (Å²) in [4.78, 5) is 41.0. The smallest absolute Gasteiger partial charge is 0.303 e. The van der Waals surface area contributed by atoms with Gasteiger partial charge in [0.25, 0.3) is 5.56 Å². The minimum Gasteiger partial charge on any atom is -0.481 e. The number of carbonyl (C=O) groups is 2. The van der Waals surface area contributed by atoms with E-state index in [-0.39, 0.29) is 30.9 Å². The van der Waals surface area contributed by atoms with Gasteiger partial charge in [-0.15, -0.1) is 11.3 Å². The van der Waals surface area contributed by atoms with Gasteiger partial charge in [0.05, 0.1) is 24.7 Å². The molecule has 100 valence electrons. The number of aromatic nitrogens is 2. The van der Waals surface area contributed by atoms with Crippen LogP contribution >= 0.6 is 11.3 Å². The summed E-state index contributed by atoms with van der Waals surface area (Å²) >= 11 is 1.32. The van der Waals surface area contributed by atoms with Gasteiger partial charge in [-0.25, -0.2) is 4.98 Å². The molecule has 0 unspecified atom stereocenters. The van der Waals surface area contributed by atoms with Crippen LogP contribution in [-0.2, 0) is 16.1 Å². The van der Waals surface area contributed by atoms with Crippen LogP contribution in [0.15, 0.2) is 17.2 Å². The van der Waals surface area contributed by atoms with Crippen molar-refractivity contribution in [3.05, 3.63) is 27.6 Å². The number of amides is 1. The zero-order chi connectivity index (χ0) is 13.8. The van der Waals surface area contributed by atoms with Gasteiger partial charge in [-0.2, -0.15) is 0 Å². The van der Waals surface area contributed by atoms with E-state index in [1.54, 1.807) is 6.07 Å². The van der Waals surface area contributed by atoms with Crippen molar-refractivity contribution in [2.75, 3.05) is 0 Å². The van der Waals surface area contributed by atoms with E-state index in [2.05, 4.69) is 15.3 Å². The quantitative estimate of drug-likeness (QED) is 0.737. The molecule has 0 saturated carbocycles. The summed E-state index contributed by atoms with van der Waals surface area (Å²) in [5.74, 6) is -1.34. The Kier molecular flexibility index (Phi) is 3.91. The summed E-state index contributed by atoms with van der Waals surface area (Å²) < 4.78 is 0. The summed E-state index contributed by atoms with van der Waals surface area (Å²) in [6.07, 6.45) is 1.08. The molecule has 2 heterocycles. The maximum Gasteiger partial charge on any atom is 0.303 e. The maximum absolute atomic E-state index is 11.5. The Morgan fingerprint density at radius 1 is 1.42 bits per heavy atom. The third-order valence-electron chi connectivity index (χ3n) is 2.41.